The number of phosphoric ester groups is 1. The molecule has 1 unspecified atom stereocenters. The number of hydrogen-bond donors (Lipinski definition) is 5. The summed E-state index contributed by atoms with van der Waals surface area (Å²) in [5, 5.41) is 20.4. The van der Waals surface area contributed by atoms with Crippen molar-refractivity contribution in [1.29, 1.82) is 0 Å². The van der Waals surface area contributed by atoms with Crippen molar-refractivity contribution in [2.45, 2.75) is 31.1 Å². The Morgan fingerprint density at radius 1 is 1.56 bits per heavy atom. The Morgan fingerprint density at radius 2 is 2.26 bits per heavy atom. The first kappa shape index (κ1) is 19.6. The fourth-order valence-electron chi connectivity index (χ4n) is 2.90. The number of nitrogens with two attached hydrogens (primary N) is 1. The number of ether oxygens (including phenoxy) is 1. The number of anilines is 1. The monoisotopic (exact) mass is 403 g/mol. The summed E-state index contributed by atoms with van der Waals surface area (Å²) in [5.74, 6) is -0.168. The van der Waals surface area contributed by atoms with E-state index in [0.717, 1.165) is 0 Å². The Balaban J connectivity index is 2.00. The third-order valence-corrected chi connectivity index (χ3v) is 4.50. The number of hydrogen-bond acceptors (Lipinski definition) is 9. The standard InChI is InChI=1S/C13H18N5O8P/c1-2-3-17-5-18(10-7(17)11(21)16-13(14)15-10)12-9(20)8(19)6(26-12)4-25-27(22,23)24/h2,5-6,8-9,12,19-20H,1,3-4H2,(H4-,14,15,16,21,22,23,24)/t6-,8-,9-,12-/m1/s1. The lowest BCUT2D eigenvalue weighted by atomic mass is 10.1. The Bertz CT molecular complexity index is 968. The van der Waals surface area contributed by atoms with E-state index >= 15 is 0 Å². The van der Waals surface area contributed by atoms with Crippen LogP contribution in [0.1, 0.15) is 6.23 Å². The zero-order valence-corrected chi connectivity index (χ0v) is 14.7. The Labute approximate surface area is 151 Å². The van der Waals surface area contributed by atoms with Crippen molar-refractivity contribution < 1.29 is 38.4 Å². The summed E-state index contributed by atoms with van der Waals surface area (Å²) >= 11 is 0. The maximum atomic E-state index is 12.2. The molecule has 5 atom stereocenters. The van der Waals surface area contributed by atoms with Gasteiger partial charge in [0.15, 0.2) is 6.33 Å². The van der Waals surface area contributed by atoms with Gasteiger partial charge in [-0.2, -0.15) is 0 Å². The molecule has 0 bridgehead atoms. The number of rotatable bonds is 6. The van der Waals surface area contributed by atoms with Gasteiger partial charge in [0.1, 0.15) is 18.3 Å². The number of imidazole rings is 1. The molecule has 2 aromatic rings. The highest BCUT2D eigenvalue weighted by Gasteiger charge is 2.47. The lowest BCUT2D eigenvalue weighted by molar-refractivity contribution is -0.745. The van der Waals surface area contributed by atoms with Gasteiger partial charge >= 0.3 is 5.65 Å². The van der Waals surface area contributed by atoms with Crippen molar-refractivity contribution in [2.24, 2.45) is 0 Å². The van der Waals surface area contributed by atoms with E-state index in [4.69, 9.17) is 15.4 Å². The van der Waals surface area contributed by atoms with Crippen LogP contribution in [0.25, 0.3) is 11.2 Å². The highest BCUT2D eigenvalue weighted by Crippen LogP contribution is 2.34. The first-order valence-corrected chi connectivity index (χ1v) is 9.22. The molecule has 1 fully saturated rings. The second-order valence-electron chi connectivity index (χ2n) is 5.90. The van der Waals surface area contributed by atoms with Crippen LogP contribution in [0.4, 0.5) is 5.95 Å². The SMILES string of the molecule is C=CCn1c[n+]([C@@H]2O[C@H](COP(=O)([O-])O)[C@@H](O)[C@H]2O)c2nc(N)[nH]c(=O)c21. The molecule has 6 N–H and O–H groups in total. The van der Waals surface area contributed by atoms with Crippen molar-refractivity contribution in [3.05, 3.63) is 29.3 Å². The van der Waals surface area contributed by atoms with Crippen molar-refractivity contribution >= 4 is 24.9 Å². The normalized spacial score (nSPS) is 27.7. The first-order valence-electron chi connectivity index (χ1n) is 7.73. The lowest BCUT2D eigenvalue weighted by Gasteiger charge is -2.19. The third-order valence-electron chi connectivity index (χ3n) is 4.03. The molecule has 13 nitrogen and oxygen atoms in total. The van der Waals surface area contributed by atoms with Gasteiger partial charge in [-0.3, -0.25) is 18.9 Å². The fraction of sp³-hybridized carbons (Fsp3) is 0.462. The van der Waals surface area contributed by atoms with Crippen LogP contribution in [0, 0.1) is 0 Å². The number of aliphatic hydroxyl groups is 2. The molecule has 0 saturated carbocycles. The second-order valence-corrected chi connectivity index (χ2v) is 7.09. The van der Waals surface area contributed by atoms with E-state index < -0.39 is 44.5 Å². The number of aromatic amines is 1. The smallest absolute Gasteiger partial charge is 0.313 e. The van der Waals surface area contributed by atoms with E-state index in [2.05, 4.69) is 21.1 Å². The van der Waals surface area contributed by atoms with Gasteiger partial charge < -0.3 is 35.0 Å². The molecule has 2 aromatic heterocycles. The zero-order chi connectivity index (χ0) is 19.9. The van der Waals surface area contributed by atoms with E-state index in [1.807, 2.05) is 0 Å². The molecule has 3 rings (SSSR count). The molecular formula is C13H18N5O8P. The third kappa shape index (κ3) is 3.80. The number of nitrogens with one attached hydrogen (secondary N) is 1. The summed E-state index contributed by atoms with van der Waals surface area (Å²) in [4.78, 5) is 38.0. The van der Waals surface area contributed by atoms with Crippen LogP contribution in [0.3, 0.4) is 0 Å². The molecule has 0 spiro atoms. The minimum atomic E-state index is -5.03. The van der Waals surface area contributed by atoms with Crippen molar-refractivity contribution in [3.63, 3.8) is 0 Å². The van der Waals surface area contributed by atoms with Gasteiger partial charge in [0.2, 0.25) is 11.7 Å². The van der Waals surface area contributed by atoms with Crippen LogP contribution in [0.5, 0.6) is 0 Å². The minimum Gasteiger partial charge on any atom is -0.756 e. The highest BCUT2D eigenvalue weighted by atomic mass is 31.2. The van der Waals surface area contributed by atoms with E-state index in [0.29, 0.717) is 0 Å². The Hall–Kier alpha value is -2.12. The van der Waals surface area contributed by atoms with Gasteiger partial charge in [-0.15, -0.1) is 0 Å². The molecule has 1 aliphatic heterocycles. The maximum absolute atomic E-state index is 12.2. The second kappa shape index (κ2) is 7.13. The number of phosphoric acid groups is 1. The maximum Gasteiger partial charge on any atom is 0.313 e. The van der Waals surface area contributed by atoms with E-state index in [9.17, 15) is 24.5 Å². The predicted molar refractivity (Wildman–Crippen MR) is 86.9 cm³/mol. The molecule has 148 valence electrons. The van der Waals surface area contributed by atoms with E-state index in [-0.39, 0.29) is 23.7 Å². The minimum absolute atomic E-state index is 0.0765. The molecule has 1 aliphatic rings. The molecule has 1 saturated heterocycles. The molecule has 0 amide bonds. The Kier molecular flexibility index (Phi) is 5.18. The van der Waals surface area contributed by atoms with Crippen LogP contribution < -0.4 is 20.8 Å². The van der Waals surface area contributed by atoms with Gasteiger partial charge in [0, 0.05) is 0 Å². The van der Waals surface area contributed by atoms with Crippen molar-refractivity contribution in [1.82, 2.24) is 14.5 Å². The number of nitrogens with zero attached hydrogens (tertiary/aromatic N) is 3. The average molecular weight is 403 g/mol. The molecule has 0 aromatic carbocycles. The molecule has 0 radical (unpaired) electrons. The predicted octanol–water partition coefficient (Wildman–Crippen LogP) is -3.12. The summed E-state index contributed by atoms with van der Waals surface area (Å²) in [5.41, 5.74) is 5.26. The number of aliphatic hydroxyl groups excluding tert-OH is 2. The van der Waals surface area contributed by atoms with Crippen LogP contribution in [-0.4, -0.2) is 54.6 Å². The number of allylic oxidation sites excluding steroid dienone is 1. The Morgan fingerprint density at radius 3 is 2.89 bits per heavy atom. The van der Waals surface area contributed by atoms with Gasteiger partial charge in [0.05, 0.1) is 13.2 Å². The van der Waals surface area contributed by atoms with Gasteiger partial charge in [-0.1, -0.05) is 17.6 Å². The largest absolute Gasteiger partial charge is 0.756 e. The molecule has 14 heteroatoms. The molecular weight excluding hydrogens is 385 g/mol. The first-order chi connectivity index (χ1) is 12.6. The summed E-state index contributed by atoms with van der Waals surface area (Å²) in [6.45, 7) is 3.12. The van der Waals surface area contributed by atoms with Gasteiger partial charge in [-0.25, -0.2) is 4.57 Å². The summed E-state index contributed by atoms with van der Waals surface area (Å²) < 4.78 is 23.2. The van der Waals surface area contributed by atoms with Crippen LogP contribution in [0.2, 0.25) is 0 Å². The topological polar surface area (TPSA) is 200 Å². The average Bonchev–Trinajstić information content (AvgIpc) is 3.04. The van der Waals surface area contributed by atoms with E-state index in [1.54, 1.807) is 0 Å². The number of aromatic nitrogens is 4. The summed E-state index contributed by atoms with van der Waals surface area (Å²) in [7, 11) is -5.03. The summed E-state index contributed by atoms with van der Waals surface area (Å²) in [6, 6.07) is 0. The van der Waals surface area contributed by atoms with Gasteiger partial charge in [0.25, 0.3) is 19.3 Å². The highest BCUT2D eigenvalue weighted by molar-refractivity contribution is 7.44. The van der Waals surface area contributed by atoms with Crippen molar-refractivity contribution in [2.75, 3.05) is 12.3 Å². The van der Waals surface area contributed by atoms with Crippen molar-refractivity contribution in [3.8, 4) is 0 Å². The fourth-order valence-corrected chi connectivity index (χ4v) is 3.24. The molecule has 27 heavy (non-hydrogen) atoms. The number of fused-ring (bicyclic) bond motifs is 1. The van der Waals surface area contributed by atoms with Crippen LogP contribution in [-0.2, 0) is 20.4 Å². The number of H-pyrrole nitrogens is 1. The molecule has 3 heterocycles. The van der Waals surface area contributed by atoms with E-state index in [1.165, 1.54) is 21.5 Å². The zero-order valence-electron chi connectivity index (χ0n) is 13.8. The molecule has 0 aliphatic carbocycles. The number of nitrogen functional groups attached to an aromatic ring is 1. The quantitative estimate of drug-likeness (QED) is 0.187. The summed E-state index contributed by atoms with van der Waals surface area (Å²) in [6.07, 6.45) is -2.55. The van der Waals surface area contributed by atoms with Crippen LogP contribution >= 0.6 is 7.82 Å². The van der Waals surface area contributed by atoms with Gasteiger partial charge in [-0.05, 0) is 0 Å². The van der Waals surface area contributed by atoms with Crippen LogP contribution in [0.15, 0.2) is 23.8 Å². The lowest BCUT2D eigenvalue weighted by Crippen LogP contribution is -2.46.